The minimum Gasteiger partial charge on any atom is -0.462 e. The summed E-state index contributed by atoms with van der Waals surface area (Å²) in [4.78, 5) is 13.2. The Bertz CT molecular complexity index is 447. The zero-order chi connectivity index (χ0) is 15.7. The number of rotatable bonds is 9. The maximum Gasteiger partial charge on any atom is 0.333 e. The average Bonchev–Trinajstić information content (AvgIpc) is 2.50. The lowest BCUT2D eigenvalue weighted by Crippen LogP contribution is -2.35. The molecule has 0 saturated heterocycles. The van der Waals surface area contributed by atoms with Crippen LogP contribution >= 0.6 is 0 Å². The van der Waals surface area contributed by atoms with Gasteiger partial charge < -0.3 is 19.8 Å². The Morgan fingerprint density at radius 3 is 2.62 bits per heavy atom. The van der Waals surface area contributed by atoms with E-state index in [1.807, 2.05) is 35.2 Å². The number of ether oxygens (including phenoxy) is 1. The first-order chi connectivity index (χ1) is 10.0. The standard InChI is InChI=1S/C16H23NO4/c1-13(2)16(20)21-10-6-9-17(11-15(19)12-18)14-7-4-3-5-8-14/h3-5,7-8,15,18-19H,1,6,9-12H2,2H3. The normalized spacial score (nSPS) is 11.8. The second-order valence-corrected chi connectivity index (χ2v) is 4.89. The van der Waals surface area contributed by atoms with Crippen LogP contribution in [0.5, 0.6) is 0 Å². The topological polar surface area (TPSA) is 70.0 Å². The summed E-state index contributed by atoms with van der Waals surface area (Å²) in [7, 11) is 0. The van der Waals surface area contributed by atoms with Crippen LogP contribution in [0, 0.1) is 0 Å². The maximum absolute atomic E-state index is 11.3. The molecule has 1 unspecified atom stereocenters. The summed E-state index contributed by atoms with van der Waals surface area (Å²) in [6.07, 6.45) is -0.172. The van der Waals surface area contributed by atoms with Crippen molar-refractivity contribution in [2.75, 3.05) is 31.2 Å². The summed E-state index contributed by atoms with van der Waals surface area (Å²) in [6.45, 7) is 6.08. The van der Waals surface area contributed by atoms with Gasteiger partial charge in [-0.25, -0.2) is 4.79 Å². The molecular formula is C16H23NO4. The maximum atomic E-state index is 11.3. The van der Waals surface area contributed by atoms with Crippen molar-refractivity contribution in [3.05, 3.63) is 42.5 Å². The van der Waals surface area contributed by atoms with Crippen LogP contribution in [0.2, 0.25) is 0 Å². The van der Waals surface area contributed by atoms with Crippen molar-refractivity contribution in [3.63, 3.8) is 0 Å². The highest BCUT2D eigenvalue weighted by atomic mass is 16.5. The van der Waals surface area contributed by atoms with Crippen molar-refractivity contribution >= 4 is 11.7 Å². The van der Waals surface area contributed by atoms with Gasteiger partial charge in [0.1, 0.15) is 0 Å². The number of carbonyl (C=O) groups excluding carboxylic acids is 1. The quantitative estimate of drug-likeness (QED) is 0.409. The van der Waals surface area contributed by atoms with Gasteiger partial charge in [0.15, 0.2) is 0 Å². The van der Waals surface area contributed by atoms with Crippen LogP contribution in [0.1, 0.15) is 13.3 Å². The Hall–Kier alpha value is -1.85. The molecule has 1 rings (SSSR count). The lowest BCUT2D eigenvalue weighted by molar-refractivity contribution is -0.138. The second kappa shape index (κ2) is 9.15. The van der Waals surface area contributed by atoms with Crippen molar-refractivity contribution in [2.45, 2.75) is 19.4 Å². The van der Waals surface area contributed by atoms with Gasteiger partial charge in [0.2, 0.25) is 0 Å². The van der Waals surface area contributed by atoms with Crippen LogP contribution < -0.4 is 4.90 Å². The minimum absolute atomic E-state index is 0.284. The highest BCUT2D eigenvalue weighted by Gasteiger charge is 2.12. The third-order valence-electron chi connectivity index (χ3n) is 2.92. The number of aliphatic hydroxyl groups is 2. The highest BCUT2D eigenvalue weighted by molar-refractivity contribution is 5.86. The first-order valence-corrected chi connectivity index (χ1v) is 6.96. The molecule has 0 saturated carbocycles. The summed E-state index contributed by atoms with van der Waals surface area (Å²) >= 11 is 0. The first-order valence-electron chi connectivity index (χ1n) is 6.96. The number of anilines is 1. The van der Waals surface area contributed by atoms with E-state index in [2.05, 4.69) is 6.58 Å². The molecule has 0 aromatic heterocycles. The summed E-state index contributed by atoms with van der Waals surface area (Å²) in [5, 5.41) is 18.6. The molecule has 116 valence electrons. The predicted octanol–water partition coefficient (Wildman–Crippen LogP) is 1.36. The average molecular weight is 293 g/mol. The smallest absolute Gasteiger partial charge is 0.333 e. The summed E-state index contributed by atoms with van der Waals surface area (Å²) in [6, 6.07) is 9.61. The van der Waals surface area contributed by atoms with E-state index in [9.17, 15) is 9.90 Å². The Labute approximate surface area is 125 Å². The Morgan fingerprint density at radius 1 is 1.38 bits per heavy atom. The highest BCUT2D eigenvalue weighted by Crippen LogP contribution is 2.14. The molecule has 0 radical (unpaired) electrons. The molecule has 0 aliphatic rings. The Kier molecular flexibility index (Phi) is 7.50. The van der Waals surface area contributed by atoms with Gasteiger partial charge >= 0.3 is 5.97 Å². The molecule has 0 heterocycles. The SMILES string of the molecule is C=C(C)C(=O)OCCCN(CC(O)CO)c1ccccc1. The minimum atomic E-state index is -0.803. The number of carbonyl (C=O) groups is 1. The van der Waals surface area contributed by atoms with Crippen LogP contribution in [-0.2, 0) is 9.53 Å². The number of benzene rings is 1. The van der Waals surface area contributed by atoms with Crippen LogP contribution in [0.3, 0.4) is 0 Å². The van der Waals surface area contributed by atoms with Crippen LogP contribution in [0.15, 0.2) is 42.5 Å². The summed E-state index contributed by atoms with van der Waals surface area (Å²) in [5.41, 5.74) is 1.34. The number of aliphatic hydroxyl groups excluding tert-OH is 2. The van der Waals surface area contributed by atoms with Gasteiger partial charge in [0.05, 0.1) is 19.3 Å². The van der Waals surface area contributed by atoms with E-state index in [1.54, 1.807) is 6.92 Å². The van der Waals surface area contributed by atoms with Crippen LogP contribution in [-0.4, -0.2) is 48.6 Å². The first kappa shape index (κ1) is 17.2. The van der Waals surface area contributed by atoms with Gasteiger partial charge in [-0.2, -0.15) is 0 Å². The largest absolute Gasteiger partial charge is 0.462 e. The molecule has 1 aromatic carbocycles. The fourth-order valence-corrected chi connectivity index (χ4v) is 1.82. The van der Waals surface area contributed by atoms with E-state index in [0.29, 0.717) is 31.7 Å². The molecule has 0 amide bonds. The van der Waals surface area contributed by atoms with Crippen molar-refractivity contribution in [1.29, 1.82) is 0 Å². The van der Waals surface area contributed by atoms with Crippen LogP contribution in [0.4, 0.5) is 5.69 Å². The van der Waals surface area contributed by atoms with E-state index in [4.69, 9.17) is 9.84 Å². The molecule has 0 fully saturated rings. The van der Waals surface area contributed by atoms with E-state index in [1.165, 1.54) is 0 Å². The lowest BCUT2D eigenvalue weighted by atomic mass is 10.2. The molecular weight excluding hydrogens is 270 g/mol. The molecule has 0 spiro atoms. The van der Waals surface area contributed by atoms with E-state index < -0.39 is 12.1 Å². The van der Waals surface area contributed by atoms with Crippen molar-refractivity contribution in [2.24, 2.45) is 0 Å². The third-order valence-corrected chi connectivity index (χ3v) is 2.92. The number of hydrogen-bond acceptors (Lipinski definition) is 5. The molecule has 0 bridgehead atoms. The fourth-order valence-electron chi connectivity index (χ4n) is 1.82. The zero-order valence-corrected chi connectivity index (χ0v) is 12.4. The van der Waals surface area contributed by atoms with Gasteiger partial charge in [-0.3, -0.25) is 0 Å². The molecule has 0 aliphatic heterocycles. The number of hydrogen-bond donors (Lipinski definition) is 2. The van der Waals surface area contributed by atoms with Crippen molar-refractivity contribution in [3.8, 4) is 0 Å². The van der Waals surface area contributed by atoms with Gasteiger partial charge in [0.25, 0.3) is 0 Å². The second-order valence-electron chi connectivity index (χ2n) is 4.89. The third kappa shape index (κ3) is 6.42. The molecule has 1 atom stereocenters. The molecule has 1 aromatic rings. The number of esters is 1. The molecule has 21 heavy (non-hydrogen) atoms. The van der Waals surface area contributed by atoms with Crippen LogP contribution in [0.25, 0.3) is 0 Å². The Morgan fingerprint density at radius 2 is 2.05 bits per heavy atom. The van der Waals surface area contributed by atoms with Crippen molar-refractivity contribution < 1.29 is 19.7 Å². The fraction of sp³-hybridized carbons (Fsp3) is 0.438. The predicted molar refractivity (Wildman–Crippen MR) is 82.1 cm³/mol. The van der Waals surface area contributed by atoms with Gasteiger partial charge in [-0.15, -0.1) is 0 Å². The monoisotopic (exact) mass is 293 g/mol. The number of nitrogens with zero attached hydrogens (tertiary/aromatic N) is 1. The van der Waals surface area contributed by atoms with E-state index in [-0.39, 0.29) is 6.61 Å². The zero-order valence-electron chi connectivity index (χ0n) is 12.4. The molecule has 5 nitrogen and oxygen atoms in total. The molecule has 5 heteroatoms. The number of para-hydroxylation sites is 1. The summed E-state index contributed by atoms with van der Waals surface area (Å²) in [5.74, 6) is -0.392. The van der Waals surface area contributed by atoms with Gasteiger partial charge in [-0.1, -0.05) is 24.8 Å². The summed E-state index contributed by atoms with van der Waals surface area (Å²) < 4.78 is 5.04. The van der Waals surface area contributed by atoms with E-state index in [0.717, 1.165) is 5.69 Å². The van der Waals surface area contributed by atoms with Gasteiger partial charge in [-0.05, 0) is 25.5 Å². The lowest BCUT2D eigenvalue weighted by Gasteiger charge is -2.26. The van der Waals surface area contributed by atoms with E-state index >= 15 is 0 Å². The molecule has 0 aliphatic carbocycles. The van der Waals surface area contributed by atoms with Crippen molar-refractivity contribution in [1.82, 2.24) is 0 Å². The molecule has 2 N–H and O–H groups in total. The Balaban J connectivity index is 2.50. The van der Waals surface area contributed by atoms with Gasteiger partial charge in [0, 0.05) is 24.4 Å².